The molecular formula is C21H32N2. The van der Waals surface area contributed by atoms with Crippen molar-refractivity contribution in [2.75, 3.05) is 20.6 Å². The van der Waals surface area contributed by atoms with Crippen molar-refractivity contribution in [2.24, 2.45) is 0 Å². The molecule has 2 nitrogen and oxygen atoms in total. The standard InChI is InChI=1S/C21H32N2/c1-15-7-10-18(23(15)6)14-22(5)20-12-8-16-13-17(21(2,3)4)9-11-19(16)20/h9,11,13,18,20H,1,7-8,10,12,14H2,2-6H3/t18-,20?/m1/s1. The van der Waals surface area contributed by atoms with E-state index in [4.69, 9.17) is 0 Å². The van der Waals surface area contributed by atoms with Gasteiger partial charge in [0.15, 0.2) is 0 Å². The highest BCUT2D eigenvalue weighted by Crippen LogP contribution is 2.38. The van der Waals surface area contributed by atoms with Crippen LogP contribution >= 0.6 is 0 Å². The fourth-order valence-corrected chi connectivity index (χ4v) is 4.15. The Morgan fingerprint density at radius 1 is 1.22 bits per heavy atom. The zero-order valence-corrected chi connectivity index (χ0v) is 15.5. The summed E-state index contributed by atoms with van der Waals surface area (Å²) in [5.41, 5.74) is 6.13. The van der Waals surface area contributed by atoms with Gasteiger partial charge in [0, 0.05) is 31.4 Å². The van der Waals surface area contributed by atoms with E-state index in [-0.39, 0.29) is 5.41 Å². The number of aryl methyl sites for hydroxylation is 1. The Morgan fingerprint density at radius 3 is 2.57 bits per heavy atom. The molecule has 0 bridgehead atoms. The van der Waals surface area contributed by atoms with Gasteiger partial charge in [-0.3, -0.25) is 4.90 Å². The molecule has 126 valence electrons. The Hall–Kier alpha value is -1.28. The lowest BCUT2D eigenvalue weighted by molar-refractivity contribution is 0.186. The second-order valence-electron chi connectivity index (χ2n) is 8.53. The summed E-state index contributed by atoms with van der Waals surface area (Å²) in [5, 5.41) is 0. The van der Waals surface area contributed by atoms with Gasteiger partial charge < -0.3 is 4.90 Å². The van der Waals surface area contributed by atoms with Gasteiger partial charge >= 0.3 is 0 Å². The summed E-state index contributed by atoms with van der Waals surface area (Å²) in [6.45, 7) is 12.2. The third-order valence-corrected chi connectivity index (χ3v) is 5.90. The van der Waals surface area contributed by atoms with Gasteiger partial charge in [0.2, 0.25) is 0 Å². The largest absolute Gasteiger partial charge is 0.374 e. The summed E-state index contributed by atoms with van der Waals surface area (Å²) < 4.78 is 0. The topological polar surface area (TPSA) is 6.48 Å². The molecule has 1 fully saturated rings. The number of hydrogen-bond donors (Lipinski definition) is 0. The van der Waals surface area contributed by atoms with Crippen LogP contribution in [0.1, 0.15) is 62.8 Å². The number of rotatable bonds is 3. The number of likely N-dealkylation sites (tertiary alicyclic amines) is 1. The van der Waals surface area contributed by atoms with E-state index in [9.17, 15) is 0 Å². The molecule has 1 heterocycles. The van der Waals surface area contributed by atoms with E-state index < -0.39 is 0 Å². The van der Waals surface area contributed by atoms with Crippen molar-refractivity contribution in [3.8, 4) is 0 Å². The lowest BCUT2D eigenvalue weighted by atomic mass is 9.85. The summed E-state index contributed by atoms with van der Waals surface area (Å²) >= 11 is 0. The molecule has 0 radical (unpaired) electrons. The zero-order chi connectivity index (χ0) is 16.8. The number of allylic oxidation sites excluding steroid dienone is 1. The van der Waals surface area contributed by atoms with E-state index in [2.05, 4.69) is 69.4 Å². The minimum absolute atomic E-state index is 0.242. The molecule has 0 spiro atoms. The number of nitrogens with zero attached hydrogens (tertiary/aromatic N) is 2. The van der Waals surface area contributed by atoms with Crippen molar-refractivity contribution >= 4 is 0 Å². The maximum Gasteiger partial charge on any atom is 0.0414 e. The van der Waals surface area contributed by atoms with E-state index >= 15 is 0 Å². The fraction of sp³-hybridized carbons (Fsp3) is 0.619. The van der Waals surface area contributed by atoms with Gasteiger partial charge in [-0.2, -0.15) is 0 Å². The van der Waals surface area contributed by atoms with Crippen LogP contribution in [0, 0.1) is 0 Å². The first-order valence-electron chi connectivity index (χ1n) is 9.01. The average Bonchev–Trinajstić information content (AvgIpc) is 3.04. The molecule has 23 heavy (non-hydrogen) atoms. The SMILES string of the molecule is C=C1CC[C@H](CN(C)C2CCc3cc(C(C)(C)C)ccc32)N1C. The van der Waals surface area contributed by atoms with Crippen LogP contribution in [0.5, 0.6) is 0 Å². The Balaban J connectivity index is 1.73. The summed E-state index contributed by atoms with van der Waals surface area (Å²) in [6, 6.07) is 8.40. The average molecular weight is 313 g/mol. The van der Waals surface area contributed by atoms with Crippen molar-refractivity contribution in [1.82, 2.24) is 9.80 Å². The molecule has 0 amide bonds. The first-order valence-corrected chi connectivity index (χ1v) is 9.01. The maximum atomic E-state index is 4.17. The van der Waals surface area contributed by atoms with Gasteiger partial charge in [-0.15, -0.1) is 0 Å². The van der Waals surface area contributed by atoms with E-state index in [0.717, 1.165) is 13.0 Å². The number of likely N-dealkylation sites (N-methyl/N-ethyl adjacent to an activating group) is 2. The van der Waals surface area contributed by atoms with Gasteiger partial charge in [-0.05, 0) is 54.8 Å². The summed E-state index contributed by atoms with van der Waals surface area (Å²) in [5.74, 6) is 0. The molecule has 1 aromatic carbocycles. The fourth-order valence-electron chi connectivity index (χ4n) is 4.15. The molecule has 1 aromatic rings. The van der Waals surface area contributed by atoms with Crippen LogP contribution < -0.4 is 0 Å². The van der Waals surface area contributed by atoms with Gasteiger partial charge in [-0.25, -0.2) is 0 Å². The predicted molar refractivity (Wildman–Crippen MR) is 98.8 cm³/mol. The smallest absolute Gasteiger partial charge is 0.0414 e. The van der Waals surface area contributed by atoms with Gasteiger partial charge in [-0.1, -0.05) is 45.5 Å². The zero-order valence-electron chi connectivity index (χ0n) is 15.5. The highest BCUT2D eigenvalue weighted by molar-refractivity contribution is 5.40. The number of fused-ring (bicyclic) bond motifs is 1. The van der Waals surface area contributed by atoms with Crippen molar-refractivity contribution < 1.29 is 0 Å². The normalized spacial score (nSPS) is 24.6. The third kappa shape index (κ3) is 3.19. The molecule has 1 unspecified atom stereocenters. The van der Waals surface area contributed by atoms with E-state index in [0.29, 0.717) is 12.1 Å². The van der Waals surface area contributed by atoms with E-state index in [1.807, 2.05) is 0 Å². The van der Waals surface area contributed by atoms with Crippen molar-refractivity contribution in [3.63, 3.8) is 0 Å². The molecule has 1 saturated heterocycles. The molecule has 2 heteroatoms. The minimum atomic E-state index is 0.242. The third-order valence-electron chi connectivity index (χ3n) is 5.90. The summed E-state index contributed by atoms with van der Waals surface area (Å²) in [4.78, 5) is 4.96. The second-order valence-corrected chi connectivity index (χ2v) is 8.53. The van der Waals surface area contributed by atoms with Crippen molar-refractivity contribution in [3.05, 3.63) is 47.2 Å². The van der Waals surface area contributed by atoms with Gasteiger partial charge in [0.05, 0.1) is 0 Å². The first kappa shape index (κ1) is 16.6. The molecule has 0 N–H and O–H groups in total. The van der Waals surface area contributed by atoms with Gasteiger partial charge in [0.1, 0.15) is 0 Å². The Kier molecular flexibility index (Phi) is 4.31. The van der Waals surface area contributed by atoms with E-state index in [1.165, 1.54) is 30.5 Å². The second kappa shape index (κ2) is 5.98. The lowest BCUT2D eigenvalue weighted by Gasteiger charge is -2.31. The quantitative estimate of drug-likeness (QED) is 0.810. The molecule has 3 rings (SSSR count). The Morgan fingerprint density at radius 2 is 1.96 bits per heavy atom. The predicted octanol–water partition coefficient (Wildman–Crippen LogP) is 4.51. The number of hydrogen-bond acceptors (Lipinski definition) is 2. The van der Waals surface area contributed by atoms with E-state index in [1.54, 1.807) is 11.1 Å². The first-order chi connectivity index (χ1) is 10.8. The molecule has 1 aliphatic heterocycles. The number of benzene rings is 1. The van der Waals surface area contributed by atoms with Gasteiger partial charge in [0.25, 0.3) is 0 Å². The molecule has 2 aliphatic rings. The van der Waals surface area contributed by atoms with Crippen LogP contribution in [0.4, 0.5) is 0 Å². The van der Waals surface area contributed by atoms with Crippen LogP contribution in [-0.4, -0.2) is 36.5 Å². The molecular weight excluding hydrogens is 280 g/mol. The highest BCUT2D eigenvalue weighted by Gasteiger charge is 2.31. The van der Waals surface area contributed by atoms with Crippen LogP contribution in [0.3, 0.4) is 0 Å². The molecule has 1 aliphatic carbocycles. The molecule has 2 atom stereocenters. The van der Waals surface area contributed by atoms with Crippen LogP contribution in [-0.2, 0) is 11.8 Å². The lowest BCUT2D eigenvalue weighted by Crippen LogP contribution is -2.37. The summed E-state index contributed by atoms with van der Waals surface area (Å²) in [7, 11) is 4.50. The van der Waals surface area contributed by atoms with Crippen LogP contribution in [0.25, 0.3) is 0 Å². The molecule has 0 saturated carbocycles. The minimum Gasteiger partial charge on any atom is -0.374 e. The van der Waals surface area contributed by atoms with Crippen molar-refractivity contribution in [1.29, 1.82) is 0 Å². The highest BCUT2D eigenvalue weighted by atomic mass is 15.2. The Bertz CT molecular complexity index is 596. The Labute approximate surface area is 142 Å². The maximum absolute atomic E-state index is 4.17. The molecule has 0 aromatic heterocycles. The van der Waals surface area contributed by atoms with Crippen LogP contribution in [0.2, 0.25) is 0 Å². The van der Waals surface area contributed by atoms with Crippen LogP contribution in [0.15, 0.2) is 30.5 Å². The van der Waals surface area contributed by atoms with Crippen molar-refractivity contribution in [2.45, 2.75) is 64.0 Å². The monoisotopic (exact) mass is 312 g/mol. The summed E-state index contributed by atoms with van der Waals surface area (Å²) in [6.07, 6.45) is 4.89.